The Morgan fingerprint density at radius 3 is 2.30 bits per heavy atom. The predicted octanol–water partition coefficient (Wildman–Crippen LogP) is 1.98. The molecule has 1 aromatic rings. The first-order chi connectivity index (χ1) is 4.79. The molecule has 1 heterocycles. The van der Waals surface area contributed by atoms with Crippen LogP contribution in [0, 0.1) is 0 Å². The number of hydrogen-bond donors (Lipinski definition) is 2. The Bertz CT molecular complexity index is 150. The predicted molar refractivity (Wildman–Crippen MR) is 47.2 cm³/mol. The Hall–Kier alpha value is -0.700. The number of hydrogen-bond acceptors (Lipinski definition) is 3. The van der Waals surface area contributed by atoms with E-state index in [0.29, 0.717) is 5.82 Å². The first kappa shape index (κ1) is 9.30. The van der Waals surface area contributed by atoms with E-state index >= 15 is 0 Å². The molecule has 0 unspecified atom stereocenters. The van der Waals surface area contributed by atoms with Gasteiger partial charge in [-0.25, -0.2) is 4.98 Å². The maximum Gasteiger partial charge on any atom is 0.123 e. The molecule has 0 amide bonds. The fourth-order valence-corrected chi connectivity index (χ4v) is 0.530. The number of aromatic nitrogens is 1. The summed E-state index contributed by atoms with van der Waals surface area (Å²) in [6.45, 7) is 4.00. The van der Waals surface area contributed by atoms with E-state index in [1.807, 2.05) is 13.8 Å². The lowest BCUT2D eigenvalue weighted by Gasteiger charge is -1.88. The van der Waals surface area contributed by atoms with Gasteiger partial charge in [0, 0.05) is 11.1 Å². The highest BCUT2D eigenvalue weighted by atomic mass is 32.1. The molecule has 1 rings (SSSR count). The lowest BCUT2D eigenvalue weighted by molar-refractivity contribution is 1.25. The molecule has 0 saturated carbocycles. The van der Waals surface area contributed by atoms with Gasteiger partial charge in [-0.15, -0.1) is 12.6 Å². The van der Waals surface area contributed by atoms with Crippen molar-refractivity contribution in [3.05, 3.63) is 18.3 Å². The third-order valence-electron chi connectivity index (χ3n) is 0.771. The third kappa shape index (κ3) is 3.35. The second kappa shape index (κ2) is 5.11. The Morgan fingerprint density at radius 2 is 2.00 bits per heavy atom. The average molecular weight is 156 g/mol. The van der Waals surface area contributed by atoms with Crippen LogP contribution in [0.4, 0.5) is 5.82 Å². The molecule has 56 valence electrons. The Morgan fingerprint density at radius 1 is 1.40 bits per heavy atom. The number of rotatable bonds is 0. The van der Waals surface area contributed by atoms with Crippen LogP contribution >= 0.6 is 12.6 Å². The minimum absolute atomic E-state index is 0.530. The lowest BCUT2D eigenvalue weighted by Crippen LogP contribution is -1.86. The molecule has 0 aromatic carbocycles. The minimum atomic E-state index is 0.530. The summed E-state index contributed by atoms with van der Waals surface area (Å²) in [4.78, 5) is 4.61. The molecule has 0 saturated heterocycles. The SMILES string of the molecule is CC.Nc1ccc(S)cn1. The van der Waals surface area contributed by atoms with Gasteiger partial charge in [-0.3, -0.25) is 0 Å². The topological polar surface area (TPSA) is 38.9 Å². The van der Waals surface area contributed by atoms with Gasteiger partial charge in [0.1, 0.15) is 5.82 Å². The van der Waals surface area contributed by atoms with Gasteiger partial charge in [0.05, 0.1) is 0 Å². The van der Waals surface area contributed by atoms with Crippen LogP contribution in [0.3, 0.4) is 0 Å². The number of pyridine rings is 1. The van der Waals surface area contributed by atoms with Crippen LogP contribution in [0.15, 0.2) is 23.2 Å². The normalized spacial score (nSPS) is 7.90. The molecule has 0 fully saturated rings. The van der Waals surface area contributed by atoms with Crippen LogP contribution in [0.25, 0.3) is 0 Å². The van der Waals surface area contributed by atoms with Crippen LogP contribution in [0.5, 0.6) is 0 Å². The minimum Gasteiger partial charge on any atom is -0.384 e. The van der Waals surface area contributed by atoms with Crippen molar-refractivity contribution < 1.29 is 0 Å². The van der Waals surface area contributed by atoms with E-state index in [9.17, 15) is 0 Å². The van der Waals surface area contributed by atoms with Crippen molar-refractivity contribution in [1.82, 2.24) is 4.98 Å². The highest BCUT2D eigenvalue weighted by Crippen LogP contribution is 2.03. The van der Waals surface area contributed by atoms with E-state index in [2.05, 4.69) is 17.6 Å². The maximum absolute atomic E-state index is 5.28. The Labute approximate surface area is 66.9 Å². The van der Waals surface area contributed by atoms with Gasteiger partial charge < -0.3 is 5.73 Å². The second-order valence-electron chi connectivity index (χ2n) is 1.44. The van der Waals surface area contributed by atoms with Crippen LogP contribution in [-0.4, -0.2) is 4.98 Å². The zero-order chi connectivity index (χ0) is 7.98. The van der Waals surface area contributed by atoms with Crippen LogP contribution < -0.4 is 5.73 Å². The molecule has 2 nitrogen and oxygen atoms in total. The summed E-state index contributed by atoms with van der Waals surface area (Å²) in [5.41, 5.74) is 5.28. The fourth-order valence-electron chi connectivity index (χ4n) is 0.397. The van der Waals surface area contributed by atoms with Crippen LogP contribution in [0.1, 0.15) is 13.8 Å². The average Bonchev–Trinajstić information content (AvgIpc) is 2.00. The standard InChI is InChI=1S/C5H6N2S.C2H6/c6-5-2-1-4(8)3-7-5;1-2/h1-3,8H,(H2,6,7);1-2H3. The first-order valence-corrected chi connectivity index (χ1v) is 3.64. The van der Waals surface area contributed by atoms with E-state index in [1.54, 1.807) is 18.3 Å². The van der Waals surface area contributed by atoms with Gasteiger partial charge in [0.2, 0.25) is 0 Å². The van der Waals surface area contributed by atoms with E-state index in [4.69, 9.17) is 5.73 Å². The molecule has 10 heavy (non-hydrogen) atoms. The molecule has 0 bridgehead atoms. The number of nitrogens with zero attached hydrogens (tertiary/aromatic N) is 1. The number of thiol groups is 1. The number of nitrogens with two attached hydrogens (primary N) is 1. The molecular weight excluding hydrogens is 144 g/mol. The van der Waals surface area contributed by atoms with Gasteiger partial charge in [0.25, 0.3) is 0 Å². The van der Waals surface area contributed by atoms with Crippen molar-refractivity contribution in [1.29, 1.82) is 0 Å². The second-order valence-corrected chi connectivity index (χ2v) is 1.96. The molecule has 2 N–H and O–H groups in total. The van der Waals surface area contributed by atoms with Crippen molar-refractivity contribution in [3.63, 3.8) is 0 Å². The van der Waals surface area contributed by atoms with Gasteiger partial charge in [-0.2, -0.15) is 0 Å². The van der Waals surface area contributed by atoms with Crippen molar-refractivity contribution in [2.24, 2.45) is 0 Å². The monoisotopic (exact) mass is 156 g/mol. The smallest absolute Gasteiger partial charge is 0.123 e. The van der Waals surface area contributed by atoms with Gasteiger partial charge in [-0.1, -0.05) is 13.8 Å². The van der Waals surface area contributed by atoms with E-state index in [-0.39, 0.29) is 0 Å². The Kier molecular flexibility index (Phi) is 4.76. The maximum atomic E-state index is 5.28. The molecule has 0 spiro atoms. The fraction of sp³-hybridized carbons (Fsp3) is 0.286. The van der Waals surface area contributed by atoms with Crippen LogP contribution in [0.2, 0.25) is 0 Å². The number of nitrogen functional groups attached to an aromatic ring is 1. The molecule has 3 heteroatoms. The quantitative estimate of drug-likeness (QED) is 0.564. The molecular formula is C7H12N2S. The van der Waals surface area contributed by atoms with Crippen molar-refractivity contribution >= 4 is 18.4 Å². The largest absolute Gasteiger partial charge is 0.384 e. The first-order valence-electron chi connectivity index (χ1n) is 3.19. The van der Waals surface area contributed by atoms with Gasteiger partial charge >= 0.3 is 0 Å². The summed E-state index contributed by atoms with van der Waals surface area (Å²) in [7, 11) is 0. The van der Waals surface area contributed by atoms with Crippen molar-refractivity contribution in [3.8, 4) is 0 Å². The van der Waals surface area contributed by atoms with Gasteiger partial charge in [-0.05, 0) is 12.1 Å². The summed E-state index contributed by atoms with van der Waals surface area (Å²) >= 11 is 4.01. The molecule has 0 atom stereocenters. The summed E-state index contributed by atoms with van der Waals surface area (Å²) in [5, 5.41) is 0. The number of anilines is 1. The highest BCUT2D eigenvalue weighted by molar-refractivity contribution is 7.80. The van der Waals surface area contributed by atoms with E-state index < -0.39 is 0 Å². The van der Waals surface area contributed by atoms with Crippen molar-refractivity contribution in [2.45, 2.75) is 18.7 Å². The molecule has 1 aromatic heterocycles. The Balaban J connectivity index is 0.000000371. The molecule has 0 radical (unpaired) electrons. The van der Waals surface area contributed by atoms with Gasteiger partial charge in [0.15, 0.2) is 0 Å². The molecule has 0 aliphatic rings. The highest BCUT2D eigenvalue weighted by Gasteiger charge is 1.82. The van der Waals surface area contributed by atoms with E-state index in [1.165, 1.54) is 0 Å². The zero-order valence-electron chi connectivity index (χ0n) is 6.20. The zero-order valence-corrected chi connectivity index (χ0v) is 7.10. The van der Waals surface area contributed by atoms with Crippen molar-refractivity contribution in [2.75, 3.05) is 5.73 Å². The van der Waals surface area contributed by atoms with E-state index in [0.717, 1.165) is 4.90 Å². The summed E-state index contributed by atoms with van der Waals surface area (Å²) in [6.07, 6.45) is 1.61. The molecule has 0 aliphatic carbocycles. The summed E-state index contributed by atoms with van der Waals surface area (Å²) in [5.74, 6) is 0.530. The lowest BCUT2D eigenvalue weighted by atomic mass is 10.5. The third-order valence-corrected chi connectivity index (χ3v) is 1.04. The summed E-state index contributed by atoms with van der Waals surface area (Å²) in [6, 6.07) is 3.51. The summed E-state index contributed by atoms with van der Waals surface area (Å²) < 4.78 is 0. The molecule has 0 aliphatic heterocycles. The van der Waals surface area contributed by atoms with Crippen LogP contribution in [-0.2, 0) is 0 Å².